The van der Waals surface area contributed by atoms with Gasteiger partial charge in [-0.25, -0.2) is 9.36 Å². The summed E-state index contributed by atoms with van der Waals surface area (Å²) in [6, 6.07) is 9.86. The van der Waals surface area contributed by atoms with E-state index in [2.05, 4.69) is 10.3 Å². The summed E-state index contributed by atoms with van der Waals surface area (Å²) in [4.78, 5) is 39.6. The number of H-pyrrole nitrogens is 1. The summed E-state index contributed by atoms with van der Waals surface area (Å²) in [5.41, 5.74) is -2.62. The first-order chi connectivity index (χ1) is 14.2. The van der Waals surface area contributed by atoms with Gasteiger partial charge in [0.15, 0.2) is 0 Å². The van der Waals surface area contributed by atoms with E-state index in [1.165, 1.54) is 12.1 Å². The van der Waals surface area contributed by atoms with Gasteiger partial charge in [0.2, 0.25) is 0 Å². The highest BCUT2D eigenvalue weighted by Gasteiger charge is 2.30. The fraction of sp³-hybridized carbons (Fsp3) is 0.150. The average molecular weight is 419 g/mol. The van der Waals surface area contributed by atoms with E-state index < -0.39 is 28.9 Å². The Morgan fingerprint density at radius 3 is 2.27 bits per heavy atom. The quantitative estimate of drug-likeness (QED) is 0.664. The number of ether oxygens (including phenoxy) is 1. The van der Waals surface area contributed by atoms with Crippen molar-refractivity contribution in [2.45, 2.75) is 13.1 Å². The molecule has 2 N–H and O–H groups in total. The second-order valence-corrected chi connectivity index (χ2v) is 6.10. The molecular formula is C20H16F3N3O4. The van der Waals surface area contributed by atoms with E-state index in [0.29, 0.717) is 12.4 Å². The van der Waals surface area contributed by atoms with Crippen LogP contribution in [0.3, 0.4) is 0 Å². The third-order valence-corrected chi connectivity index (χ3v) is 4.10. The zero-order chi connectivity index (χ0) is 21.9. The predicted molar refractivity (Wildman–Crippen MR) is 103 cm³/mol. The molecule has 1 heterocycles. The molecule has 2 aromatic carbocycles. The molecule has 0 aliphatic heterocycles. The summed E-state index contributed by atoms with van der Waals surface area (Å²) >= 11 is 0. The monoisotopic (exact) mass is 419 g/mol. The molecule has 30 heavy (non-hydrogen) atoms. The molecule has 7 nitrogen and oxygen atoms in total. The molecule has 156 valence electrons. The number of nitrogens with zero attached hydrogens (tertiary/aromatic N) is 1. The van der Waals surface area contributed by atoms with Crippen LogP contribution >= 0.6 is 0 Å². The number of carbonyl (C=O) groups excluding carboxylic acids is 1. The van der Waals surface area contributed by atoms with Crippen LogP contribution in [0.2, 0.25) is 0 Å². The number of hydrogen-bond donors (Lipinski definition) is 2. The highest BCUT2D eigenvalue weighted by atomic mass is 19.4. The van der Waals surface area contributed by atoms with Gasteiger partial charge in [-0.1, -0.05) is 0 Å². The Bertz CT molecular complexity index is 1160. The Morgan fingerprint density at radius 2 is 1.70 bits per heavy atom. The van der Waals surface area contributed by atoms with Crippen LogP contribution in [-0.4, -0.2) is 22.1 Å². The smallest absolute Gasteiger partial charge is 0.416 e. The molecule has 1 amide bonds. The molecule has 0 saturated heterocycles. The number of carbonyl (C=O) groups is 1. The first kappa shape index (κ1) is 20.9. The largest absolute Gasteiger partial charge is 0.494 e. The average Bonchev–Trinajstić information content (AvgIpc) is 2.69. The summed E-state index contributed by atoms with van der Waals surface area (Å²) in [6.45, 7) is 2.25. The molecule has 1 aromatic heterocycles. The van der Waals surface area contributed by atoms with Gasteiger partial charge in [-0.2, -0.15) is 13.2 Å². The number of anilines is 1. The van der Waals surface area contributed by atoms with Crippen LogP contribution in [0.4, 0.5) is 18.9 Å². The lowest BCUT2D eigenvalue weighted by Crippen LogP contribution is -2.38. The zero-order valence-electron chi connectivity index (χ0n) is 15.6. The number of nitrogens with one attached hydrogen (secondary N) is 2. The van der Waals surface area contributed by atoms with Gasteiger partial charge in [-0.15, -0.1) is 0 Å². The predicted octanol–water partition coefficient (Wildman–Crippen LogP) is 3.20. The molecule has 0 saturated carbocycles. The van der Waals surface area contributed by atoms with Gasteiger partial charge in [-0.05, 0) is 55.5 Å². The maximum atomic E-state index is 12.7. The lowest BCUT2D eigenvalue weighted by molar-refractivity contribution is -0.137. The molecular weight excluding hydrogens is 403 g/mol. The number of benzene rings is 2. The molecule has 0 aliphatic carbocycles. The topological polar surface area (TPSA) is 93.2 Å². The number of hydrogen-bond acceptors (Lipinski definition) is 4. The summed E-state index contributed by atoms with van der Waals surface area (Å²) in [5, 5.41) is 2.34. The number of aromatic nitrogens is 2. The second kappa shape index (κ2) is 8.27. The third kappa shape index (κ3) is 4.43. The van der Waals surface area contributed by atoms with Crippen LogP contribution < -0.4 is 21.3 Å². The molecule has 0 aliphatic rings. The molecule has 0 bridgehead atoms. The normalized spacial score (nSPS) is 11.2. The minimum absolute atomic E-state index is 0.0613. The summed E-state index contributed by atoms with van der Waals surface area (Å²) < 4.78 is 44.0. The minimum atomic E-state index is -4.51. The third-order valence-electron chi connectivity index (χ3n) is 4.10. The molecule has 10 heteroatoms. The zero-order valence-corrected chi connectivity index (χ0v) is 15.6. The van der Waals surface area contributed by atoms with E-state index in [9.17, 15) is 27.6 Å². The molecule has 0 unspecified atom stereocenters. The summed E-state index contributed by atoms with van der Waals surface area (Å²) in [7, 11) is 0. The van der Waals surface area contributed by atoms with Gasteiger partial charge in [0.25, 0.3) is 11.5 Å². The van der Waals surface area contributed by atoms with Gasteiger partial charge in [0.1, 0.15) is 11.3 Å². The highest BCUT2D eigenvalue weighted by molar-refractivity contribution is 6.03. The second-order valence-electron chi connectivity index (χ2n) is 6.10. The molecule has 3 rings (SSSR count). The SMILES string of the molecule is CCOc1ccc(-n2c(=O)[nH]cc(C(=O)Nc3ccc(C(F)(F)F)cc3)c2=O)cc1. The molecule has 0 spiro atoms. The van der Waals surface area contributed by atoms with Gasteiger partial charge in [0, 0.05) is 11.9 Å². The van der Waals surface area contributed by atoms with Crippen LogP contribution in [-0.2, 0) is 6.18 Å². The van der Waals surface area contributed by atoms with Crippen molar-refractivity contribution in [3.63, 3.8) is 0 Å². The highest BCUT2D eigenvalue weighted by Crippen LogP contribution is 2.29. The van der Waals surface area contributed by atoms with Gasteiger partial charge >= 0.3 is 11.9 Å². The maximum absolute atomic E-state index is 12.7. The van der Waals surface area contributed by atoms with Crippen molar-refractivity contribution in [1.82, 2.24) is 9.55 Å². The maximum Gasteiger partial charge on any atom is 0.416 e. The van der Waals surface area contributed by atoms with E-state index in [4.69, 9.17) is 4.74 Å². The van der Waals surface area contributed by atoms with Crippen LogP contribution in [0.25, 0.3) is 5.69 Å². The number of alkyl halides is 3. The molecule has 3 aromatic rings. The standard InChI is InChI=1S/C20H16F3N3O4/c1-2-30-15-9-7-14(8-10-15)26-18(28)16(11-24-19(26)29)17(27)25-13-5-3-12(4-6-13)20(21,22)23/h3-11H,2H2,1H3,(H,24,29)(H,25,27). The number of rotatable bonds is 5. The fourth-order valence-corrected chi connectivity index (χ4v) is 2.67. The van der Waals surface area contributed by atoms with Crippen LogP contribution in [0, 0.1) is 0 Å². The first-order valence-corrected chi connectivity index (χ1v) is 8.77. The van der Waals surface area contributed by atoms with Gasteiger partial charge < -0.3 is 15.0 Å². The van der Waals surface area contributed by atoms with E-state index >= 15 is 0 Å². The Morgan fingerprint density at radius 1 is 1.07 bits per heavy atom. The van der Waals surface area contributed by atoms with Crippen molar-refractivity contribution < 1.29 is 22.7 Å². The van der Waals surface area contributed by atoms with Crippen molar-refractivity contribution in [2.24, 2.45) is 0 Å². The lowest BCUT2D eigenvalue weighted by Gasteiger charge is -2.10. The first-order valence-electron chi connectivity index (χ1n) is 8.77. The minimum Gasteiger partial charge on any atom is -0.494 e. The van der Waals surface area contributed by atoms with Crippen LogP contribution in [0.5, 0.6) is 5.75 Å². The number of amides is 1. The van der Waals surface area contributed by atoms with E-state index in [0.717, 1.165) is 35.0 Å². The Kier molecular flexibility index (Phi) is 5.77. The fourth-order valence-electron chi connectivity index (χ4n) is 2.67. The van der Waals surface area contributed by atoms with Gasteiger partial charge in [0.05, 0.1) is 17.9 Å². The van der Waals surface area contributed by atoms with E-state index in [1.54, 1.807) is 12.1 Å². The number of halogens is 3. The van der Waals surface area contributed by atoms with Crippen LogP contribution in [0.1, 0.15) is 22.8 Å². The van der Waals surface area contributed by atoms with E-state index in [1.807, 2.05) is 6.92 Å². The van der Waals surface area contributed by atoms with Crippen molar-refractivity contribution in [2.75, 3.05) is 11.9 Å². The van der Waals surface area contributed by atoms with Crippen LogP contribution in [0.15, 0.2) is 64.3 Å². The molecule has 0 radical (unpaired) electrons. The van der Waals surface area contributed by atoms with Crippen molar-refractivity contribution in [3.05, 3.63) is 86.7 Å². The Balaban J connectivity index is 1.90. The van der Waals surface area contributed by atoms with Gasteiger partial charge in [-0.3, -0.25) is 9.59 Å². The molecule has 0 atom stereocenters. The Hall–Kier alpha value is -3.82. The van der Waals surface area contributed by atoms with Crippen molar-refractivity contribution in [3.8, 4) is 11.4 Å². The number of aromatic amines is 1. The van der Waals surface area contributed by atoms with Crippen molar-refractivity contribution in [1.29, 1.82) is 0 Å². The summed E-state index contributed by atoms with van der Waals surface area (Å²) in [6.07, 6.45) is -3.55. The molecule has 0 fully saturated rings. The lowest BCUT2D eigenvalue weighted by atomic mass is 10.2. The van der Waals surface area contributed by atoms with E-state index in [-0.39, 0.29) is 16.9 Å². The Labute approximate surface area is 167 Å². The summed E-state index contributed by atoms with van der Waals surface area (Å²) in [5.74, 6) is -0.336. The van der Waals surface area contributed by atoms with Crippen molar-refractivity contribution >= 4 is 11.6 Å².